The Morgan fingerprint density at radius 1 is 0.810 bits per heavy atom. The molecule has 0 aliphatic rings. The predicted octanol–water partition coefficient (Wildman–Crippen LogP) is 1.29. The van der Waals surface area contributed by atoms with Gasteiger partial charge in [-0.25, -0.2) is 0 Å². The van der Waals surface area contributed by atoms with Crippen LogP contribution in [0.1, 0.15) is 37.1 Å². The van der Waals surface area contributed by atoms with E-state index in [1.807, 2.05) is 12.1 Å². The van der Waals surface area contributed by atoms with Gasteiger partial charge in [-0.15, -0.1) is 0 Å². The van der Waals surface area contributed by atoms with Crippen LogP contribution in [0.4, 0.5) is 0 Å². The minimum absolute atomic E-state index is 0. The van der Waals surface area contributed by atoms with Crippen molar-refractivity contribution in [2.75, 3.05) is 14.1 Å². The van der Waals surface area contributed by atoms with E-state index in [2.05, 4.69) is 64.3 Å². The van der Waals surface area contributed by atoms with Gasteiger partial charge in [-0.2, -0.15) is 0 Å². The molecule has 0 bridgehead atoms. The van der Waals surface area contributed by atoms with E-state index in [-0.39, 0.29) is 17.0 Å². The molecule has 0 aliphatic carbocycles. The molecule has 0 saturated heterocycles. The van der Waals surface area contributed by atoms with E-state index in [1.165, 1.54) is 5.56 Å². The zero-order chi connectivity index (χ0) is 14.8. The van der Waals surface area contributed by atoms with E-state index in [0.717, 1.165) is 10.0 Å². The lowest BCUT2D eigenvalue weighted by atomic mass is 9.99. The summed E-state index contributed by atoms with van der Waals surface area (Å²) in [5, 5.41) is 9.68. The first-order valence-corrected chi connectivity index (χ1v) is 7.10. The maximum atomic E-state index is 9.68. The van der Waals surface area contributed by atoms with Crippen LogP contribution < -0.4 is 17.0 Å². The highest BCUT2D eigenvalue weighted by Gasteiger charge is 2.32. The zero-order valence-electron chi connectivity index (χ0n) is 13.1. The summed E-state index contributed by atoms with van der Waals surface area (Å²) < 4.78 is 0.841. The van der Waals surface area contributed by atoms with Crippen molar-refractivity contribution in [3.63, 3.8) is 0 Å². The molecule has 0 spiro atoms. The third kappa shape index (κ3) is 3.86. The molecule has 0 unspecified atom stereocenters. The van der Waals surface area contributed by atoms with Crippen molar-refractivity contribution < 1.29 is 26.6 Å². The summed E-state index contributed by atoms with van der Waals surface area (Å²) in [5.41, 5.74) is 2.50. The topological polar surface area (TPSA) is 20.2 Å². The summed E-state index contributed by atoms with van der Waals surface area (Å²) in [6.07, 6.45) is 0. The molecule has 3 heteroatoms. The van der Waals surface area contributed by atoms with Gasteiger partial charge in [0.15, 0.2) is 0 Å². The van der Waals surface area contributed by atoms with Gasteiger partial charge >= 0.3 is 0 Å². The molecule has 21 heavy (non-hydrogen) atoms. The molecule has 2 nitrogen and oxygen atoms in total. The Hall–Kier alpha value is -1.32. The van der Waals surface area contributed by atoms with E-state index >= 15 is 0 Å². The van der Waals surface area contributed by atoms with Crippen LogP contribution in [0.15, 0.2) is 54.6 Å². The van der Waals surface area contributed by atoms with E-state index in [0.29, 0.717) is 17.8 Å². The highest BCUT2D eigenvalue weighted by atomic mass is 79.9. The Morgan fingerprint density at radius 3 is 1.90 bits per heavy atom. The van der Waals surface area contributed by atoms with Crippen LogP contribution in [0.25, 0.3) is 0 Å². The number of aromatic hydroxyl groups is 1. The van der Waals surface area contributed by atoms with Gasteiger partial charge in [0.05, 0.1) is 14.1 Å². The van der Waals surface area contributed by atoms with E-state index in [4.69, 9.17) is 0 Å². The van der Waals surface area contributed by atoms with Crippen molar-refractivity contribution >= 4 is 0 Å². The van der Waals surface area contributed by atoms with Crippen molar-refractivity contribution in [1.29, 1.82) is 0 Å². The second kappa shape index (κ2) is 7.10. The molecule has 2 rings (SSSR count). The van der Waals surface area contributed by atoms with Crippen LogP contribution in [-0.4, -0.2) is 23.7 Å². The minimum Gasteiger partial charge on any atom is -1.00 e. The lowest BCUT2D eigenvalue weighted by molar-refractivity contribution is -0.946. The first kappa shape index (κ1) is 17.7. The van der Waals surface area contributed by atoms with Gasteiger partial charge < -0.3 is 26.6 Å². The minimum atomic E-state index is 0. The maximum Gasteiger partial charge on any atom is 0.116 e. The third-order valence-corrected chi connectivity index (χ3v) is 4.63. The monoisotopic (exact) mass is 349 g/mol. The number of hydrogen-bond acceptors (Lipinski definition) is 1. The molecule has 0 fully saturated rings. The summed E-state index contributed by atoms with van der Waals surface area (Å²) in [6.45, 7) is 4.48. The number of halogens is 1. The van der Waals surface area contributed by atoms with Gasteiger partial charge in [-0.05, 0) is 26.0 Å². The molecule has 0 aliphatic heterocycles. The smallest absolute Gasteiger partial charge is 0.116 e. The maximum absolute atomic E-state index is 9.68. The fraction of sp³-hybridized carbons (Fsp3) is 0.333. The molecule has 114 valence electrons. The van der Waals surface area contributed by atoms with E-state index < -0.39 is 0 Å². The normalized spacial score (nSPS) is 14.1. The molecular weight excluding hydrogens is 326 g/mol. The van der Waals surface area contributed by atoms with Gasteiger partial charge in [-0.1, -0.05) is 42.5 Å². The second-order valence-electron chi connectivity index (χ2n) is 5.99. The molecular formula is C18H24BrNO. The van der Waals surface area contributed by atoms with Crippen LogP contribution in [0.3, 0.4) is 0 Å². The van der Waals surface area contributed by atoms with E-state index in [9.17, 15) is 5.11 Å². The lowest BCUT2D eigenvalue weighted by Gasteiger charge is -2.42. The summed E-state index contributed by atoms with van der Waals surface area (Å²) in [5.74, 6) is 0.335. The molecule has 2 atom stereocenters. The molecule has 1 N–H and O–H groups in total. The van der Waals surface area contributed by atoms with Crippen molar-refractivity contribution in [2.45, 2.75) is 25.9 Å². The van der Waals surface area contributed by atoms with Gasteiger partial charge in [0.1, 0.15) is 17.8 Å². The highest BCUT2D eigenvalue weighted by Crippen LogP contribution is 2.35. The SMILES string of the molecule is C[C@@H](c1ccccc1)[N+](C)(C)[C@@H](C)c1cccc(O)c1.[Br-]. The largest absolute Gasteiger partial charge is 1.00 e. The third-order valence-electron chi connectivity index (χ3n) is 4.63. The van der Waals surface area contributed by atoms with Crippen molar-refractivity contribution in [1.82, 2.24) is 0 Å². The Kier molecular flexibility index (Phi) is 5.99. The van der Waals surface area contributed by atoms with Gasteiger partial charge in [0, 0.05) is 11.1 Å². The summed E-state index contributed by atoms with van der Waals surface area (Å²) >= 11 is 0. The van der Waals surface area contributed by atoms with Gasteiger partial charge in [-0.3, -0.25) is 0 Å². The second-order valence-corrected chi connectivity index (χ2v) is 5.99. The summed E-state index contributed by atoms with van der Waals surface area (Å²) in [4.78, 5) is 0. The Balaban J connectivity index is 0.00000220. The van der Waals surface area contributed by atoms with Crippen molar-refractivity contribution in [3.8, 4) is 5.75 Å². The fourth-order valence-electron chi connectivity index (χ4n) is 2.62. The number of phenols is 1. The van der Waals surface area contributed by atoms with E-state index in [1.54, 1.807) is 6.07 Å². The van der Waals surface area contributed by atoms with Crippen molar-refractivity contribution in [3.05, 3.63) is 65.7 Å². The Bertz CT molecular complexity index is 568. The van der Waals surface area contributed by atoms with Crippen molar-refractivity contribution in [2.24, 2.45) is 0 Å². The lowest BCUT2D eigenvalue weighted by Crippen LogP contribution is -3.00. The number of quaternary nitrogens is 1. The number of nitrogens with zero attached hydrogens (tertiary/aromatic N) is 1. The molecule has 2 aromatic rings. The molecule has 2 aromatic carbocycles. The molecule has 0 heterocycles. The molecule has 0 saturated carbocycles. The number of hydrogen-bond donors (Lipinski definition) is 1. The Morgan fingerprint density at radius 2 is 1.33 bits per heavy atom. The van der Waals surface area contributed by atoms with Crippen LogP contribution in [-0.2, 0) is 0 Å². The van der Waals surface area contributed by atoms with Gasteiger partial charge in [0.25, 0.3) is 0 Å². The average molecular weight is 350 g/mol. The molecule has 0 radical (unpaired) electrons. The summed E-state index contributed by atoms with van der Waals surface area (Å²) in [7, 11) is 4.48. The Labute approximate surface area is 138 Å². The first-order valence-electron chi connectivity index (χ1n) is 7.10. The van der Waals surface area contributed by atoms with Gasteiger partial charge in [0.2, 0.25) is 0 Å². The quantitative estimate of drug-likeness (QED) is 0.825. The fourth-order valence-corrected chi connectivity index (χ4v) is 2.62. The number of rotatable bonds is 4. The van der Waals surface area contributed by atoms with Crippen LogP contribution >= 0.6 is 0 Å². The first-order chi connectivity index (χ1) is 9.43. The average Bonchev–Trinajstić information content (AvgIpc) is 2.46. The number of benzene rings is 2. The van der Waals surface area contributed by atoms with Crippen LogP contribution in [0.5, 0.6) is 5.75 Å². The highest BCUT2D eigenvalue weighted by molar-refractivity contribution is 5.28. The molecule has 0 aromatic heterocycles. The summed E-state index contributed by atoms with van der Waals surface area (Å²) in [6, 6.07) is 18.9. The van der Waals surface area contributed by atoms with Crippen LogP contribution in [0.2, 0.25) is 0 Å². The standard InChI is InChI=1S/C18H23NO.BrH/c1-14(16-9-6-5-7-10-16)19(3,4)15(2)17-11-8-12-18(20)13-17;/h5-15H,1-4H3;1H/t14-,15-;/m0./s1. The molecule has 0 amide bonds. The number of phenolic OH excluding ortho intramolecular Hbond substituents is 1. The zero-order valence-corrected chi connectivity index (χ0v) is 14.7. The van der Waals surface area contributed by atoms with Crippen LogP contribution in [0, 0.1) is 0 Å². The predicted molar refractivity (Wildman–Crippen MR) is 83.5 cm³/mol.